The summed E-state index contributed by atoms with van der Waals surface area (Å²) in [5.74, 6) is 0.720. The van der Waals surface area contributed by atoms with Gasteiger partial charge in [0, 0.05) is 12.5 Å². The fraction of sp³-hybridized carbons (Fsp3) is 0.333. The Bertz CT molecular complexity index is 556. The van der Waals surface area contributed by atoms with Crippen molar-refractivity contribution >= 4 is 0 Å². The minimum absolute atomic E-state index is 0.158. The maximum absolute atomic E-state index is 13.4. The van der Waals surface area contributed by atoms with E-state index in [0.29, 0.717) is 12.2 Å². The number of halogens is 1. The average molecular weight is 287 g/mol. The molecule has 2 aromatic carbocycles. The molecule has 2 nitrogen and oxygen atoms in total. The Labute approximate surface area is 126 Å². The van der Waals surface area contributed by atoms with Gasteiger partial charge in [0.1, 0.15) is 11.6 Å². The molecule has 0 saturated carbocycles. The lowest BCUT2D eigenvalue weighted by Gasteiger charge is -2.19. The molecule has 0 aliphatic carbocycles. The second kappa shape index (κ2) is 7.79. The predicted molar refractivity (Wildman–Crippen MR) is 84.1 cm³/mol. The largest absolute Gasteiger partial charge is 0.494 e. The van der Waals surface area contributed by atoms with E-state index in [0.717, 1.165) is 24.3 Å². The first-order valence-corrected chi connectivity index (χ1v) is 7.38. The van der Waals surface area contributed by atoms with E-state index in [9.17, 15) is 4.39 Å². The molecule has 0 heterocycles. The zero-order chi connectivity index (χ0) is 15.1. The SMILES string of the molecule is CCNC(CCOc1ccccc1)c1ccc(F)c(C)c1. The van der Waals surface area contributed by atoms with Crippen molar-refractivity contribution < 1.29 is 9.13 Å². The second-order valence-electron chi connectivity index (χ2n) is 5.07. The summed E-state index contributed by atoms with van der Waals surface area (Å²) < 4.78 is 19.1. The summed E-state index contributed by atoms with van der Waals surface area (Å²) in [6.07, 6.45) is 0.841. The van der Waals surface area contributed by atoms with E-state index in [2.05, 4.69) is 12.2 Å². The molecule has 3 heteroatoms. The van der Waals surface area contributed by atoms with Crippen molar-refractivity contribution in [2.75, 3.05) is 13.2 Å². The molecule has 0 aliphatic heterocycles. The number of nitrogens with one attached hydrogen (secondary N) is 1. The van der Waals surface area contributed by atoms with Gasteiger partial charge in [-0.15, -0.1) is 0 Å². The molecule has 1 N–H and O–H groups in total. The Morgan fingerprint density at radius 2 is 1.90 bits per heavy atom. The number of aryl methyl sites for hydroxylation is 1. The van der Waals surface area contributed by atoms with Crippen LogP contribution in [0.1, 0.15) is 30.5 Å². The van der Waals surface area contributed by atoms with Gasteiger partial charge in [-0.1, -0.05) is 37.3 Å². The Balaban J connectivity index is 1.97. The van der Waals surface area contributed by atoms with E-state index in [1.54, 1.807) is 6.92 Å². The van der Waals surface area contributed by atoms with E-state index in [4.69, 9.17) is 4.74 Å². The Hall–Kier alpha value is -1.87. The second-order valence-corrected chi connectivity index (χ2v) is 5.07. The van der Waals surface area contributed by atoms with Crippen LogP contribution in [0, 0.1) is 12.7 Å². The first kappa shape index (κ1) is 15.5. The van der Waals surface area contributed by atoms with E-state index < -0.39 is 0 Å². The molecule has 0 amide bonds. The van der Waals surface area contributed by atoms with Gasteiger partial charge in [0.2, 0.25) is 0 Å². The van der Waals surface area contributed by atoms with Crippen molar-refractivity contribution in [2.24, 2.45) is 0 Å². The summed E-state index contributed by atoms with van der Waals surface area (Å²) in [4.78, 5) is 0. The Morgan fingerprint density at radius 1 is 1.14 bits per heavy atom. The van der Waals surface area contributed by atoms with Gasteiger partial charge in [0.15, 0.2) is 0 Å². The number of benzene rings is 2. The lowest BCUT2D eigenvalue weighted by Crippen LogP contribution is -2.23. The molecule has 0 bridgehead atoms. The van der Waals surface area contributed by atoms with Crippen LogP contribution < -0.4 is 10.1 Å². The highest BCUT2D eigenvalue weighted by Gasteiger charge is 2.12. The molecule has 0 aromatic heterocycles. The Morgan fingerprint density at radius 3 is 2.57 bits per heavy atom. The summed E-state index contributed by atoms with van der Waals surface area (Å²) >= 11 is 0. The lowest BCUT2D eigenvalue weighted by molar-refractivity contribution is 0.287. The van der Waals surface area contributed by atoms with Crippen LogP contribution in [0.2, 0.25) is 0 Å². The maximum Gasteiger partial charge on any atom is 0.126 e. The summed E-state index contributed by atoms with van der Waals surface area (Å²) in [6.45, 7) is 5.36. The van der Waals surface area contributed by atoms with Crippen LogP contribution in [0.5, 0.6) is 5.75 Å². The van der Waals surface area contributed by atoms with E-state index >= 15 is 0 Å². The van der Waals surface area contributed by atoms with Gasteiger partial charge in [-0.05, 0) is 42.8 Å². The third kappa shape index (κ3) is 4.57. The van der Waals surface area contributed by atoms with Crippen molar-refractivity contribution in [2.45, 2.75) is 26.3 Å². The van der Waals surface area contributed by atoms with Crippen LogP contribution >= 0.6 is 0 Å². The minimum atomic E-state index is -0.158. The number of ether oxygens (including phenoxy) is 1. The van der Waals surface area contributed by atoms with Crippen molar-refractivity contribution in [1.29, 1.82) is 0 Å². The molecule has 0 aliphatic rings. The van der Waals surface area contributed by atoms with Crippen molar-refractivity contribution in [3.8, 4) is 5.75 Å². The number of hydrogen-bond acceptors (Lipinski definition) is 2. The topological polar surface area (TPSA) is 21.3 Å². The average Bonchev–Trinajstić information content (AvgIpc) is 2.50. The standard InChI is InChI=1S/C18H22FNO/c1-3-20-18(15-9-10-17(19)14(2)13-15)11-12-21-16-7-5-4-6-8-16/h4-10,13,18,20H,3,11-12H2,1-2H3. The van der Waals surface area contributed by atoms with Gasteiger partial charge in [-0.2, -0.15) is 0 Å². The van der Waals surface area contributed by atoms with Crippen molar-refractivity contribution in [3.05, 3.63) is 65.5 Å². The Kier molecular flexibility index (Phi) is 5.76. The van der Waals surface area contributed by atoms with Crippen LogP contribution in [0.4, 0.5) is 4.39 Å². The molecule has 21 heavy (non-hydrogen) atoms. The highest BCUT2D eigenvalue weighted by Crippen LogP contribution is 2.20. The number of para-hydroxylation sites is 1. The van der Waals surface area contributed by atoms with Gasteiger partial charge in [-0.3, -0.25) is 0 Å². The zero-order valence-corrected chi connectivity index (χ0v) is 12.6. The molecular formula is C18H22FNO. The normalized spacial score (nSPS) is 12.1. The van der Waals surface area contributed by atoms with Gasteiger partial charge in [-0.25, -0.2) is 4.39 Å². The molecule has 0 saturated heterocycles. The third-order valence-electron chi connectivity index (χ3n) is 3.45. The van der Waals surface area contributed by atoms with Crippen LogP contribution in [0.15, 0.2) is 48.5 Å². The van der Waals surface area contributed by atoms with E-state index in [1.807, 2.05) is 42.5 Å². The molecule has 0 radical (unpaired) electrons. The van der Waals surface area contributed by atoms with Gasteiger partial charge in [0.25, 0.3) is 0 Å². The molecule has 0 fully saturated rings. The van der Waals surface area contributed by atoms with E-state index in [1.165, 1.54) is 6.07 Å². The van der Waals surface area contributed by atoms with Gasteiger partial charge in [0.05, 0.1) is 6.61 Å². The van der Waals surface area contributed by atoms with Crippen LogP contribution in [0.3, 0.4) is 0 Å². The van der Waals surface area contributed by atoms with Crippen molar-refractivity contribution in [1.82, 2.24) is 5.32 Å². The number of hydrogen-bond donors (Lipinski definition) is 1. The molecule has 112 valence electrons. The fourth-order valence-electron chi connectivity index (χ4n) is 2.33. The molecule has 1 unspecified atom stereocenters. The summed E-state index contributed by atoms with van der Waals surface area (Å²) in [5.41, 5.74) is 1.78. The first-order valence-electron chi connectivity index (χ1n) is 7.38. The summed E-state index contributed by atoms with van der Waals surface area (Å²) in [6, 6.07) is 15.2. The smallest absolute Gasteiger partial charge is 0.126 e. The molecule has 1 atom stereocenters. The van der Waals surface area contributed by atoms with E-state index in [-0.39, 0.29) is 11.9 Å². The fourth-order valence-corrected chi connectivity index (χ4v) is 2.33. The quantitative estimate of drug-likeness (QED) is 0.822. The zero-order valence-electron chi connectivity index (χ0n) is 12.6. The number of rotatable bonds is 7. The molecular weight excluding hydrogens is 265 g/mol. The van der Waals surface area contributed by atoms with Crippen LogP contribution in [-0.2, 0) is 0 Å². The predicted octanol–water partition coefficient (Wildman–Crippen LogP) is 4.25. The highest BCUT2D eigenvalue weighted by molar-refractivity contribution is 5.26. The molecule has 2 aromatic rings. The summed E-state index contributed by atoms with van der Waals surface area (Å²) in [5, 5.41) is 3.43. The van der Waals surface area contributed by atoms with Crippen LogP contribution in [0.25, 0.3) is 0 Å². The summed E-state index contributed by atoms with van der Waals surface area (Å²) in [7, 11) is 0. The molecule has 0 spiro atoms. The van der Waals surface area contributed by atoms with Crippen LogP contribution in [-0.4, -0.2) is 13.2 Å². The monoisotopic (exact) mass is 287 g/mol. The van der Waals surface area contributed by atoms with Gasteiger partial charge >= 0.3 is 0 Å². The molecule has 2 rings (SSSR count). The first-order chi connectivity index (χ1) is 10.2. The maximum atomic E-state index is 13.4. The lowest BCUT2D eigenvalue weighted by atomic mass is 10.0. The van der Waals surface area contributed by atoms with Gasteiger partial charge < -0.3 is 10.1 Å². The third-order valence-corrected chi connectivity index (χ3v) is 3.45. The highest BCUT2D eigenvalue weighted by atomic mass is 19.1. The van der Waals surface area contributed by atoms with Crippen molar-refractivity contribution in [3.63, 3.8) is 0 Å². The minimum Gasteiger partial charge on any atom is -0.494 e.